The third-order valence-corrected chi connectivity index (χ3v) is 3.84. The summed E-state index contributed by atoms with van der Waals surface area (Å²) in [6.07, 6.45) is 0. The van der Waals surface area contributed by atoms with Crippen LogP contribution < -0.4 is 15.5 Å². The molecule has 0 spiro atoms. The van der Waals surface area contributed by atoms with Crippen molar-refractivity contribution in [3.8, 4) is 5.75 Å². The minimum Gasteiger partial charge on any atom is -0.478 e. The molecule has 0 fully saturated rings. The maximum absolute atomic E-state index is 12.2. The molecule has 0 bridgehead atoms. The summed E-state index contributed by atoms with van der Waals surface area (Å²) in [5.74, 6) is 4.06. The molecule has 0 aliphatic rings. The van der Waals surface area contributed by atoms with Crippen LogP contribution in [0.5, 0.6) is 5.75 Å². The number of rotatable bonds is 5. The van der Waals surface area contributed by atoms with Crippen LogP contribution in [0.15, 0.2) is 53.4 Å². The van der Waals surface area contributed by atoms with Gasteiger partial charge in [0.25, 0.3) is 0 Å². The fourth-order valence-corrected chi connectivity index (χ4v) is 2.60. The molecule has 21 heavy (non-hydrogen) atoms. The van der Waals surface area contributed by atoms with Gasteiger partial charge in [-0.3, -0.25) is 5.84 Å². The van der Waals surface area contributed by atoms with Crippen molar-refractivity contribution in [1.82, 2.24) is 0 Å². The largest absolute Gasteiger partial charge is 0.478 e. The molecule has 0 atom stereocenters. The molecule has 4 N–H and O–H groups in total. The van der Waals surface area contributed by atoms with Crippen molar-refractivity contribution in [3.63, 3.8) is 0 Å². The highest BCUT2D eigenvalue weighted by atomic mass is 32.2. The fourth-order valence-electron chi connectivity index (χ4n) is 1.61. The van der Waals surface area contributed by atoms with Gasteiger partial charge < -0.3 is 14.7 Å². The van der Waals surface area contributed by atoms with E-state index in [-0.39, 0.29) is 21.9 Å². The Hall–Kier alpha value is -2.58. The second kappa shape index (κ2) is 5.81. The van der Waals surface area contributed by atoms with Crippen LogP contribution in [0.1, 0.15) is 10.4 Å². The summed E-state index contributed by atoms with van der Waals surface area (Å²) in [4.78, 5) is 10.6. The van der Waals surface area contributed by atoms with E-state index in [0.29, 0.717) is 0 Å². The molecular formula is C13H12N2O5S. The van der Waals surface area contributed by atoms with E-state index >= 15 is 0 Å². The summed E-state index contributed by atoms with van der Waals surface area (Å²) in [6.45, 7) is 0. The molecule has 0 amide bonds. The molecule has 0 aliphatic heterocycles. The molecule has 110 valence electrons. The van der Waals surface area contributed by atoms with Crippen molar-refractivity contribution in [1.29, 1.82) is 0 Å². The first-order valence-corrected chi connectivity index (χ1v) is 7.18. The SMILES string of the molecule is NNc1ccccc1OS(=O)(=O)c1cccc(C(=O)O)c1. The molecule has 2 aromatic carbocycles. The zero-order valence-electron chi connectivity index (χ0n) is 10.7. The lowest BCUT2D eigenvalue weighted by Crippen LogP contribution is -2.14. The third-order valence-electron chi connectivity index (χ3n) is 2.61. The van der Waals surface area contributed by atoms with E-state index in [0.717, 1.165) is 6.07 Å². The van der Waals surface area contributed by atoms with Gasteiger partial charge in [0.05, 0.1) is 11.3 Å². The normalized spacial score (nSPS) is 10.9. The maximum Gasteiger partial charge on any atom is 0.339 e. The van der Waals surface area contributed by atoms with Gasteiger partial charge in [-0.05, 0) is 30.3 Å². The minimum atomic E-state index is -4.16. The van der Waals surface area contributed by atoms with Crippen molar-refractivity contribution in [2.45, 2.75) is 4.90 Å². The zero-order valence-corrected chi connectivity index (χ0v) is 11.5. The highest BCUT2D eigenvalue weighted by Crippen LogP contribution is 2.26. The molecular weight excluding hydrogens is 296 g/mol. The summed E-state index contributed by atoms with van der Waals surface area (Å²) in [7, 11) is -4.16. The number of anilines is 1. The van der Waals surface area contributed by atoms with Gasteiger partial charge in [0.1, 0.15) is 4.90 Å². The molecule has 0 radical (unpaired) electrons. The van der Waals surface area contributed by atoms with Crippen LogP contribution >= 0.6 is 0 Å². The Bertz CT molecular complexity index is 774. The van der Waals surface area contributed by atoms with Crippen LogP contribution in [0.2, 0.25) is 0 Å². The van der Waals surface area contributed by atoms with E-state index in [4.69, 9.17) is 15.1 Å². The summed E-state index contributed by atoms with van der Waals surface area (Å²) in [6, 6.07) is 11.1. The molecule has 0 aromatic heterocycles. The molecule has 0 saturated heterocycles. The second-order valence-corrected chi connectivity index (χ2v) is 5.56. The number of carboxylic acid groups (broad SMARTS) is 1. The molecule has 0 saturated carbocycles. The highest BCUT2D eigenvalue weighted by molar-refractivity contribution is 7.87. The van der Waals surface area contributed by atoms with Gasteiger partial charge in [-0.15, -0.1) is 0 Å². The molecule has 0 aliphatic carbocycles. The molecule has 2 rings (SSSR count). The van der Waals surface area contributed by atoms with Crippen LogP contribution in [0.3, 0.4) is 0 Å². The number of nitrogens with two attached hydrogens (primary N) is 1. The Morgan fingerprint density at radius 2 is 1.86 bits per heavy atom. The highest BCUT2D eigenvalue weighted by Gasteiger charge is 2.19. The topological polar surface area (TPSA) is 119 Å². The summed E-state index contributed by atoms with van der Waals surface area (Å²) < 4.78 is 29.3. The van der Waals surface area contributed by atoms with Crippen LogP contribution in [-0.2, 0) is 10.1 Å². The number of carboxylic acids is 1. The number of benzene rings is 2. The lowest BCUT2D eigenvalue weighted by molar-refractivity contribution is 0.0696. The summed E-state index contributed by atoms with van der Waals surface area (Å²) in [5, 5.41) is 8.88. The number of nitrogens with one attached hydrogen (secondary N) is 1. The average molecular weight is 308 g/mol. The Labute approximate surface area is 121 Å². The Balaban J connectivity index is 2.39. The first-order chi connectivity index (χ1) is 9.94. The third kappa shape index (κ3) is 3.30. The second-order valence-electron chi connectivity index (χ2n) is 4.01. The van der Waals surface area contributed by atoms with Crippen molar-refractivity contribution in [2.24, 2.45) is 5.84 Å². The molecule has 7 nitrogen and oxygen atoms in total. The maximum atomic E-state index is 12.2. The van der Waals surface area contributed by atoms with Crippen molar-refractivity contribution < 1.29 is 22.5 Å². The molecule has 2 aromatic rings. The lowest BCUT2D eigenvalue weighted by atomic mass is 10.2. The van der Waals surface area contributed by atoms with E-state index in [1.165, 1.54) is 24.3 Å². The molecule has 0 unspecified atom stereocenters. The van der Waals surface area contributed by atoms with E-state index in [2.05, 4.69) is 5.43 Å². The van der Waals surface area contributed by atoms with Crippen LogP contribution in [0.4, 0.5) is 5.69 Å². The predicted molar refractivity (Wildman–Crippen MR) is 75.5 cm³/mol. The van der Waals surface area contributed by atoms with E-state index < -0.39 is 16.1 Å². The fraction of sp³-hybridized carbons (Fsp3) is 0. The number of para-hydroxylation sites is 2. The first kappa shape index (κ1) is 14.8. The van der Waals surface area contributed by atoms with Gasteiger partial charge in [0.2, 0.25) is 0 Å². The Morgan fingerprint density at radius 3 is 2.52 bits per heavy atom. The summed E-state index contributed by atoms with van der Waals surface area (Å²) >= 11 is 0. The van der Waals surface area contributed by atoms with Crippen molar-refractivity contribution in [2.75, 3.05) is 5.43 Å². The van der Waals surface area contributed by atoms with Crippen LogP contribution in [0.25, 0.3) is 0 Å². The van der Waals surface area contributed by atoms with E-state index in [1.807, 2.05) is 0 Å². The number of carbonyl (C=O) groups is 1. The van der Waals surface area contributed by atoms with Crippen LogP contribution in [0, 0.1) is 0 Å². The van der Waals surface area contributed by atoms with Gasteiger partial charge in [-0.2, -0.15) is 8.42 Å². The quantitative estimate of drug-likeness (QED) is 0.434. The number of hydrogen-bond acceptors (Lipinski definition) is 6. The van der Waals surface area contributed by atoms with Crippen LogP contribution in [-0.4, -0.2) is 19.5 Å². The number of hydrogen-bond donors (Lipinski definition) is 3. The molecule has 0 heterocycles. The zero-order chi connectivity index (χ0) is 15.5. The van der Waals surface area contributed by atoms with Gasteiger partial charge in [0.15, 0.2) is 5.75 Å². The van der Waals surface area contributed by atoms with Crippen molar-refractivity contribution in [3.05, 3.63) is 54.1 Å². The number of hydrazine groups is 1. The minimum absolute atomic E-state index is 0.0146. The van der Waals surface area contributed by atoms with Crippen molar-refractivity contribution >= 4 is 21.8 Å². The Morgan fingerprint density at radius 1 is 1.14 bits per heavy atom. The van der Waals surface area contributed by atoms with E-state index in [1.54, 1.807) is 18.2 Å². The van der Waals surface area contributed by atoms with Gasteiger partial charge in [-0.1, -0.05) is 18.2 Å². The van der Waals surface area contributed by atoms with Gasteiger partial charge >= 0.3 is 16.1 Å². The monoisotopic (exact) mass is 308 g/mol. The lowest BCUT2D eigenvalue weighted by Gasteiger charge is -2.11. The van der Waals surface area contributed by atoms with Gasteiger partial charge in [-0.25, -0.2) is 4.79 Å². The number of nitrogen functional groups attached to an aromatic ring is 1. The predicted octanol–water partition coefficient (Wildman–Crippen LogP) is 1.44. The molecule has 8 heteroatoms. The smallest absolute Gasteiger partial charge is 0.339 e. The summed E-state index contributed by atoms with van der Waals surface area (Å²) in [5.41, 5.74) is 2.45. The average Bonchev–Trinajstić information content (AvgIpc) is 2.47. The Kier molecular flexibility index (Phi) is 4.10. The number of aromatic carboxylic acids is 1. The van der Waals surface area contributed by atoms with Gasteiger partial charge in [0, 0.05) is 0 Å². The van der Waals surface area contributed by atoms with E-state index in [9.17, 15) is 13.2 Å². The first-order valence-electron chi connectivity index (χ1n) is 5.77. The standard InChI is InChI=1S/C13H12N2O5S/c14-15-11-6-1-2-7-12(11)20-21(18,19)10-5-3-4-9(8-10)13(16)17/h1-8,15H,14H2,(H,16,17).